The van der Waals surface area contributed by atoms with Gasteiger partial charge in [0.05, 0.1) is 0 Å². The minimum Gasteiger partial charge on any atom is -0.463 e. The number of hydrogen-bond acceptors (Lipinski definition) is 5. The lowest BCUT2D eigenvalue weighted by Crippen LogP contribution is -2.29. The van der Waals surface area contributed by atoms with Crippen molar-refractivity contribution in [3.8, 4) is 0 Å². The topological polar surface area (TPSA) is 61.8 Å². The van der Waals surface area contributed by atoms with E-state index in [1.165, 1.54) is 308 Å². The quantitative estimate of drug-likeness (QED) is 0.0449. The van der Waals surface area contributed by atoms with E-state index in [0.29, 0.717) is 19.4 Å². The molecule has 0 rings (SSSR count). The van der Waals surface area contributed by atoms with E-state index in [4.69, 9.17) is 14.2 Å². The first kappa shape index (κ1) is 68.9. The lowest BCUT2D eigenvalue weighted by molar-refractivity contribution is -0.155. The summed E-state index contributed by atoms with van der Waals surface area (Å²) in [6.45, 7) is 7.84. The molecule has 0 saturated carbocycles. The lowest BCUT2D eigenvalue weighted by Gasteiger charge is -2.18. The average molecular weight is 990 g/mol. The van der Waals surface area contributed by atoms with Crippen LogP contribution in [0.25, 0.3) is 0 Å². The van der Waals surface area contributed by atoms with Gasteiger partial charge in [-0.05, 0) is 19.3 Å². The molecule has 418 valence electrons. The van der Waals surface area contributed by atoms with Crippen molar-refractivity contribution in [3.63, 3.8) is 0 Å². The van der Waals surface area contributed by atoms with Crippen molar-refractivity contribution in [1.29, 1.82) is 0 Å². The van der Waals surface area contributed by atoms with Crippen molar-refractivity contribution in [2.75, 3.05) is 19.8 Å². The summed E-state index contributed by atoms with van der Waals surface area (Å²) in [5, 5.41) is 0. The highest BCUT2D eigenvalue weighted by atomic mass is 16.6. The Morgan fingerprint density at radius 1 is 0.243 bits per heavy atom. The number of unbranched alkanes of at least 4 members (excludes halogenated alkanes) is 51. The van der Waals surface area contributed by atoms with Gasteiger partial charge in [-0.15, -0.1) is 0 Å². The SMILES string of the molecule is CCCCCCCCCCCCCCCCCCCCCCCC(=O)OCC(COC(=O)CCCCCCCCCCCCCCCCCCC)OCCCCCCCCCCCCCCCCCC. The number of carbonyl (C=O) groups excluding carboxylic acids is 2. The molecule has 0 fully saturated rings. The van der Waals surface area contributed by atoms with Gasteiger partial charge >= 0.3 is 11.9 Å². The molecule has 70 heavy (non-hydrogen) atoms. The molecule has 5 nitrogen and oxygen atoms in total. The van der Waals surface area contributed by atoms with Gasteiger partial charge in [0, 0.05) is 19.4 Å². The zero-order chi connectivity index (χ0) is 50.6. The molecule has 0 spiro atoms. The number of rotatable bonds is 62. The van der Waals surface area contributed by atoms with Gasteiger partial charge in [0.15, 0.2) is 0 Å². The highest BCUT2D eigenvalue weighted by Crippen LogP contribution is 2.19. The van der Waals surface area contributed by atoms with Gasteiger partial charge < -0.3 is 14.2 Å². The van der Waals surface area contributed by atoms with Crippen LogP contribution in [0, 0.1) is 0 Å². The molecule has 0 aliphatic rings. The van der Waals surface area contributed by atoms with Crippen LogP contribution in [-0.2, 0) is 23.8 Å². The first-order chi connectivity index (χ1) is 34.6. The fourth-order valence-corrected chi connectivity index (χ4v) is 10.3. The maximum Gasteiger partial charge on any atom is 0.305 e. The van der Waals surface area contributed by atoms with Crippen molar-refractivity contribution in [1.82, 2.24) is 0 Å². The molecule has 0 N–H and O–H groups in total. The Morgan fingerprint density at radius 2 is 0.414 bits per heavy atom. The predicted octanol–water partition coefficient (Wildman–Crippen LogP) is 22.4. The van der Waals surface area contributed by atoms with Crippen molar-refractivity contribution in [3.05, 3.63) is 0 Å². The second-order valence-corrected chi connectivity index (χ2v) is 22.4. The molecule has 0 aromatic heterocycles. The van der Waals surface area contributed by atoms with Crippen molar-refractivity contribution >= 4 is 11.9 Å². The third-order valence-electron chi connectivity index (χ3n) is 15.2. The predicted molar refractivity (Wildman–Crippen MR) is 307 cm³/mol. The second-order valence-electron chi connectivity index (χ2n) is 22.4. The van der Waals surface area contributed by atoms with Gasteiger partial charge in [0.2, 0.25) is 0 Å². The highest BCUT2D eigenvalue weighted by molar-refractivity contribution is 5.69. The fourth-order valence-electron chi connectivity index (χ4n) is 10.3. The van der Waals surface area contributed by atoms with Crippen LogP contribution >= 0.6 is 0 Å². The van der Waals surface area contributed by atoms with Crippen LogP contribution in [0.2, 0.25) is 0 Å². The summed E-state index contributed by atoms with van der Waals surface area (Å²) < 4.78 is 17.6. The van der Waals surface area contributed by atoms with Gasteiger partial charge in [-0.1, -0.05) is 348 Å². The van der Waals surface area contributed by atoms with E-state index >= 15 is 0 Å². The van der Waals surface area contributed by atoms with E-state index in [1.807, 2.05) is 0 Å². The van der Waals surface area contributed by atoms with Gasteiger partial charge in [-0.25, -0.2) is 0 Å². The average Bonchev–Trinajstić information content (AvgIpc) is 3.36. The summed E-state index contributed by atoms with van der Waals surface area (Å²) in [5.74, 6) is -0.300. The van der Waals surface area contributed by atoms with E-state index in [0.717, 1.165) is 38.5 Å². The molecule has 5 heteroatoms. The van der Waals surface area contributed by atoms with Crippen LogP contribution in [0.3, 0.4) is 0 Å². The van der Waals surface area contributed by atoms with Crippen molar-refractivity contribution in [2.45, 2.75) is 386 Å². The summed E-state index contributed by atoms with van der Waals surface area (Å²) in [7, 11) is 0. The molecule has 0 saturated heterocycles. The molecule has 0 aromatic carbocycles. The molecule has 0 aliphatic carbocycles. The Hall–Kier alpha value is -1.10. The molecule has 0 aromatic rings. The Bertz CT molecular complexity index is 983. The van der Waals surface area contributed by atoms with Crippen LogP contribution in [0.4, 0.5) is 0 Å². The maximum absolute atomic E-state index is 12.7. The normalized spacial score (nSPS) is 12.0. The van der Waals surface area contributed by atoms with Crippen LogP contribution in [0.15, 0.2) is 0 Å². The van der Waals surface area contributed by atoms with E-state index in [-0.39, 0.29) is 31.3 Å². The van der Waals surface area contributed by atoms with Gasteiger partial charge in [0.1, 0.15) is 19.3 Å². The number of hydrogen-bond donors (Lipinski definition) is 0. The first-order valence-electron chi connectivity index (χ1n) is 32.6. The fraction of sp³-hybridized carbons (Fsp3) is 0.969. The van der Waals surface area contributed by atoms with Gasteiger partial charge in [0.25, 0.3) is 0 Å². The third kappa shape index (κ3) is 59.5. The molecule has 0 aliphatic heterocycles. The molecular weight excluding hydrogens is 861 g/mol. The molecular formula is C65H128O5. The monoisotopic (exact) mass is 989 g/mol. The van der Waals surface area contributed by atoms with E-state index in [2.05, 4.69) is 20.8 Å². The maximum atomic E-state index is 12.7. The lowest BCUT2D eigenvalue weighted by atomic mass is 10.0. The van der Waals surface area contributed by atoms with Crippen LogP contribution in [0.1, 0.15) is 380 Å². The molecule has 1 atom stereocenters. The Balaban J connectivity index is 4.14. The standard InChI is InChI=1S/C65H128O5/c1-4-7-10-13-16-19-22-25-28-31-32-33-34-36-38-41-44-47-50-53-56-59-65(67)70-62-63(68-60-57-54-51-48-45-42-39-30-27-24-21-18-15-12-9-6-3)61-69-64(66)58-55-52-49-46-43-40-37-35-29-26-23-20-17-14-11-8-5-2/h63H,4-62H2,1-3H3. The summed E-state index contributed by atoms with van der Waals surface area (Å²) in [5.41, 5.74) is 0. The molecule has 1 unspecified atom stereocenters. The van der Waals surface area contributed by atoms with Gasteiger partial charge in [-0.2, -0.15) is 0 Å². The second kappa shape index (κ2) is 62.2. The number of esters is 2. The third-order valence-corrected chi connectivity index (χ3v) is 15.2. The summed E-state index contributed by atoms with van der Waals surface area (Å²) in [6.07, 6.45) is 73.1. The smallest absolute Gasteiger partial charge is 0.305 e. The zero-order valence-corrected chi connectivity index (χ0v) is 48.3. The minimum absolute atomic E-state index is 0.149. The van der Waals surface area contributed by atoms with Gasteiger partial charge in [-0.3, -0.25) is 9.59 Å². The molecule has 0 bridgehead atoms. The number of ether oxygens (including phenoxy) is 3. The Labute approximate surface area is 440 Å². The summed E-state index contributed by atoms with van der Waals surface area (Å²) in [6, 6.07) is 0. The zero-order valence-electron chi connectivity index (χ0n) is 48.3. The van der Waals surface area contributed by atoms with Crippen LogP contribution in [-0.4, -0.2) is 37.9 Å². The summed E-state index contributed by atoms with van der Waals surface area (Å²) >= 11 is 0. The molecule has 0 radical (unpaired) electrons. The molecule has 0 amide bonds. The minimum atomic E-state index is -0.389. The van der Waals surface area contributed by atoms with Crippen LogP contribution < -0.4 is 0 Å². The number of carbonyl (C=O) groups is 2. The van der Waals surface area contributed by atoms with Crippen molar-refractivity contribution in [2.24, 2.45) is 0 Å². The summed E-state index contributed by atoms with van der Waals surface area (Å²) in [4.78, 5) is 25.4. The van der Waals surface area contributed by atoms with Crippen molar-refractivity contribution < 1.29 is 23.8 Å². The van der Waals surface area contributed by atoms with E-state index < -0.39 is 0 Å². The van der Waals surface area contributed by atoms with E-state index in [1.54, 1.807) is 0 Å². The first-order valence-corrected chi connectivity index (χ1v) is 32.6. The Morgan fingerprint density at radius 3 is 0.614 bits per heavy atom. The largest absolute Gasteiger partial charge is 0.463 e. The highest BCUT2D eigenvalue weighted by Gasteiger charge is 2.16. The Kier molecular flexibility index (Phi) is 61.2. The van der Waals surface area contributed by atoms with Crippen LogP contribution in [0.5, 0.6) is 0 Å². The van der Waals surface area contributed by atoms with E-state index in [9.17, 15) is 9.59 Å². The molecule has 0 heterocycles.